The van der Waals surface area contributed by atoms with Crippen molar-refractivity contribution < 1.29 is 13.9 Å². The summed E-state index contributed by atoms with van der Waals surface area (Å²) in [5.41, 5.74) is 2.71. The summed E-state index contributed by atoms with van der Waals surface area (Å²) in [4.78, 5) is 12.4. The minimum atomic E-state index is -0.0992. The van der Waals surface area contributed by atoms with Crippen molar-refractivity contribution in [3.05, 3.63) is 41.7 Å². The smallest absolute Gasteiger partial charge is 0.234 e. The molecule has 3 aromatic rings. The van der Waals surface area contributed by atoms with Crippen LogP contribution in [0, 0.1) is 13.8 Å². The molecule has 1 aromatic carbocycles. The highest BCUT2D eigenvalue weighted by molar-refractivity contribution is 7.99. The average molecular weight is 386 g/mol. The number of carbonyl (C=O) groups excluding carboxylic acids is 1. The fourth-order valence-electron chi connectivity index (χ4n) is 2.73. The maximum Gasteiger partial charge on any atom is 0.234 e. The van der Waals surface area contributed by atoms with Gasteiger partial charge in [0, 0.05) is 12.2 Å². The number of furan rings is 1. The summed E-state index contributed by atoms with van der Waals surface area (Å²) in [6.45, 7) is 6.57. The number of rotatable bonds is 7. The van der Waals surface area contributed by atoms with Crippen LogP contribution in [0.5, 0.6) is 5.75 Å². The Morgan fingerprint density at radius 2 is 2.11 bits per heavy atom. The van der Waals surface area contributed by atoms with Gasteiger partial charge in [-0.2, -0.15) is 0 Å². The first kappa shape index (κ1) is 19.0. The number of methoxy groups -OCH3 is 1. The van der Waals surface area contributed by atoms with Crippen LogP contribution in [0.3, 0.4) is 0 Å². The van der Waals surface area contributed by atoms with Crippen LogP contribution in [0.25, 0.3) is 11.6 Å². The van der Waals surface area contributed by atoms with Gasteiger partial charge in [0.25, 0.3) is 0 Å². The van der Waals surface area contributed by atoms with E-state index in [-0.39, 0.29) is 11.7 Å². The van der Waals surface area contributed by atoms with E-state index in [0.717, 1.165) is 22.6 Å². The van der Waals surface area contributed by atoms with E-state index in [1.165, 1.54) is 11.8 Å². The molecule has 7 nitrogen and oxygen atoms in total. The first-order valence-electron chi connectivity index (χ1n) is 8.58. The first-order chi connectivity index (χ1) is 13.0. The normalized spacial score (nSPS) is 10.8. The molecule has 1 N–H and O–H groups in total. The van der Waals surface area contributed by atoms with Gasteiger partial charge in [-0.3, -0.25) is 9.36 Å². The van der Waals surface area contributed by atoms with Crippen LogP contribution in [0.15, 0.2) is 40.1 Å². The van der Waals surface area contributed by atoms with E-state index in [2.05, 4.69) is 15.5 Å². The number of amides is 1. The SMILES string of the molecule is CCn1c(SCC(=O)Nc2cc(C)c(OC)cc2C)nnc1-c1ccco1. The number of ether oxygens (including phenoxy) is 1. The molecule has 0 aliphatic heterocycles. The molecule has 1 amide bonds. The fraction of sp³-hybridized carbons (Fsp3) is 0.316. The number of nitrogens with zero attached hydrogens (tertiary/aromatic N) is 3. The zero-order valence-corrected chi connectivity index (χ0v) is 16.6. The van der Waals surface area contributed by atoms with Crippen LogP contribution >= 0.6 is 11.8 Å². The van der Waals surface area contributed by atoms with Gasteiger partial charge in [0.15, 0.2) is 16.7 Å². The molecule has 2 aromatic heterocycles. The molecule has 3 rings (SSSR count). The maximum atomic E-state index is 12.4. The number of carbonyl (C=O) groups is 1. The molecule has 0 aliphatic carbocycles. The van der Waals surface area contributed by atoms with E-state index in [1.54, 1.807) is 13.4 Å². The molecular formula is C19H22N4O3S. The molecule has 0 saturated heterocycles. The van der Waals surface area contributed by atoms with Crippen LogP contribution < -0.4 is 10.1 Å². The fourth-order valence-corrected chi connectivity index (χ4v) is 3.53. The van der Waals surface area contributed by atoms with Gasteiger partial charge in [0.05, 0.1) is 19.1 Å². The Bertz CT molecular complexity index is 935. The van der Waals surface area contributed by atoms with Crippen LogP contribution in [-0.4, -0.2) is 33.5 Å². The van der Waals surface area contributed by atoms with E-state index in [9.17, 15) is 4.79 Å². The van der Waals surface area contributed by atoms with Crippen molar-refractivity contribution in [3.63, 3.8) is 0 Å². The summed E-state index contributed by atoms with van der Waals surface area (Å²) in [7, 11) is 1.64. The molecule has 0 bridgehead atoms. The standard InChI is InChI=1S/C19H22N4O3S/c1-5-23-18(15-7-6-8-26-15)21-22-19(23)27-11-17(24)20-14-9-13(3)16(25-4)10-12(14)2/h6-10H,5,11H2,1-4H3,(H,20,24). The van der Waals surface area contributed by atoms with Gasteiger partial charge < -0.3 is 14.5 Å². The average Bonchev–Trinajstić information content (AvgIpc) is 3.31. The van der Waals surface area contributed by atoms with E-state index < -0.39 is 0 Å². The topological polar surface area (TPSA) is 82.2 Å². The van der Waals surface area contributed by atoms with E-state index in [4.69, 9.17) is 9.15 Å². The third-order valence-corrected chi connectivity index (χ3v) is 5.09. The van der Waals surface area contributed by atoms with E-state index in [1.807, 2.05) is 49.6 Å². The van der Waals surface area contributed by atoms with Crippen molar-refractivity contribution in [2.75, 3.05) is 18.2 Å². The Morgan fingerprint density at radius 3 is 2.78 bits per heavy atom. The lowest BCUT2D eigenvalue weighted by molar-refractivity contribution is -0.113. The second kappa shape index (κ2) is 8.30. The molecule has 8 heteroatoms. The van der Waals surface area contributed by atoms with E-state index >= 15 is 0 Å². The summed E-state index contributed by atoms with van der Waals surface area (Å²) >= 11 is 1.35. The largest absolute Gasteiger partial charge is 0.496 e. The van der Waals surface area contributed by atoms with Crippen LogP contribution in [0.2, 0.25) is 0 Å². The molecule has 0 aliphatic rings. The van der Waals surface area contributed by atoms with Crippen LogP contribution in [0.1, 0.15) is 18.1 Å². The molecule has 2 heterocycles. The summed E-state index contributed by atoms with van der Waals surface area (Å²) in [5, 5.41) is 12.0. The van der Waals surface area contributed by atoms with Gasteiger partial charge in [-0.15, -0.1) is 10.2 Å². The summed E-state index contributed by atoms with van der Waals surface area (Å²) < 4.78 is 12.6. The summed E-state index contributed by atoms with van der Waals surface area (Å²) in [5.74, 6) is 2.26. The predicted molar refractivity (Wildman–Crippen MR) is 105 cm³/mol. The summed E-state index contributed by atoms with van der Waals surface area (Å²) in [6, 6.07) is 7.48. The highest BCUT2D eigenvalue weighted by atomic mass is 32.2. The zero-order chi connectivity index (χ0) is 19.4. The molecule has 0 saturated carbocycles. The Labute approximate surface area is 162 Å². The molecule has 0 unspecified atom stereocenters. The zero-order valence-electron chi connectivity index (χ0n) is 15.8. The number of anilines is 1. The van der Waals surface area contributed by atoms with Gasteiger partial charge in [0.1, 0.15) is 5.75 Å². The minimum absolute atomic E-state index is 0.0992. The Hall–Kier alpha value is -2.74. The molecule has 0 atom stereocenters. The van der Waals surface area contributed by atoms with E-state index in [0.29, 0.717) is 23.3 Å². The van der Waals surface area contributed by atoms with Crippen molar-refractivity contribution in [1.82, 2.24) is 14.8 Å². The number of hydrogen-bond acceptors (Lipinski definition) is 6. The lowest BCUT2D eigenvalue weighted by Gasteiger charge is -2.12. The van der Waals surface area contributed by atoms with Gasteiger partial charge in [0.2, 0.25) is 5.91 Å². The Morgan fingerprint density at radius 1 is 1.30 bits per heavy atom. The molecule has 142 valence electrons. The number of hydrogen-bond donors (Lipinski definition) is 1. The highest BCUT2D eigenvalue weighted by Crippen LogP contribution is 2.27. The van der Waals surface area contributed by atoms with Gasteiger partial charge in [-0.1, -0.05) is 11.8 Å². The third kappa shape index (κ3) is 4.16. The number of aromatic nitrogens is 3. The third-order valence-electron chi connectivity index (χ3n) is 4.12. The molecule has 27 heavy (non-hydrogen) atoms. The molecule has 0 spiro atoms. The maximum absolute atomic E-state index is 12.4. The molecular weight excluding hydrogens is 364 g/mol. The number of aryl methyl sites for hydroxylation is 2. The predicted octanol–water partition coefficient (Wildman–Crippen LogP) is 3.91. The number of thioether (sulfide) groups is 1. The Kier molecular flexibility index (Phi) is 5.85. The van der Waals surface area contributed by atoms with Crippen molar-refractivity contribution in [2.24, 2.45) is 0 Å². The summed E-state index contributed by atoms with van der Waals surface area (Å²) in [6.07, 6.45) is 1.60. The van der Waals surface area contributed by atoms with Crippen molar-refractivity contribution >= 4 is 23.4 Å². The second-order valence-electron chi connectivity index (χ2n) is 6.00. The van der Waals surface area contributed by atoms with Gasteiger partial charge in [-0.25, -0.2) is 0 Å². The van der Waals surface area contributed by atoms with Crippen LogP contribution in [-0.2, 0) is 11.3 Å². The van der Waals surface area contributed by atoms with Gasteiger partial charge >= 0.3 is 0 Å². The number of benzene rings is 1. The lowest BCUT2D eigenvalue weighted by Crippen LogP contribution is -2.15. The highest BCUT2D eigenvalue weighted by Gasteiger charge is 2.16. The molecule has 0 radical (unpaired) electrons. The quantitative estimate of drug-likeness (QED) is 0.620. The van der Waals surface area contributed by atoms with Crippen molar-refractivity contribution in [1.29, 1.82) is 0 Å². The van der Waals surface area contributed by atoms with Crippen molar-refractivity contribution in [3.8, 4) is 17.3 Å². The van der Waals surface area contributed by atoms with Gasteiger partial charge in [-0.05, 0) is 56.2 Å². The van der Waals surface area contributed by atoms with Crippen molar-refractivity contribution in [2.45, 2.75) is 32.5 Å². The number of nitrogens with one attached hydrogen (secondary N) is 1. The first-order valence-corrected chi connectivity index (χ1v) is 9.57. The second-order valence-corrected chi connectivity index (χ2v) is 6.94. The monoisotopic (exact) mass is 386 g/mol. The minimum Gasteiger partial charge on any atom is -0.496 e. The molecule has 0 fully saturated rings. The lowest BCUT2D eigenvalue weighted by atomic mass is 10.1. The Balaban J connectivity index is 1.67. The van der Waals surface area contributed by atoms with Crippen LogP contribution in [0.4, 0.5) is 5.69 Å².